The zero-order valence-corrected chi connectivity index (χ0v) is 22.7. The zero-order valence-electron chi connectivity index (χ0n) is 21.1. The van der Waals surface area contributed by atoms with Gasteiger partial charge in [0.05, 0.1) is 28.0 Å². The molecule has 2 aromatic carbocycles. The summed E-state index contributed by atoms with van der Waals surface area (Å²) in [5.74, 6) is -2.27. The molecule has 2 heterocycles. The molecular formula is C27H27Cl2F4N3O3. The number of fused-ring (bicyclic) bond motifs is 1. The van der Waals surface area contributed by atoms with E-state index in [0.717, 1.165) is 43.0 Å². The van der Waals surface area contributed by atoms with Crippen molar-refractivity contribution in [3.63, 3.8) is 0 Å². The second-order valence-electron chi connectivity index (χ2n) is 9.69. The van der Waals surface area contributed by atoms with Crippen LogP contribution < -0.4 is 4.90 Å². The lowest BCUT2D eigenvalue weighted by Gasteiger charge is -2.43. The van der Waals surface area contributed by atoms with Crippen molar-refractivity contribution < 1.29 is 31.9 Å². The van der Waals surface area contributed by atoms with Crippen molar-refractivity contribution in [3.05, 3.63) is 70.3 Å². The Labute approximate surface area is 234 Å². The lowest BCUT2D eigenvalue weighted by atomic mass is 9.78. The van der Waals surface area contributed by atoms with Crippen molar-refractivity contribution in [1.82, 2.24) is 9.88 Å². The van der Waals surface area contributed by atoms with Gasteiger partial charge >= 0.3 is 6.18 Å². The summed E-state index contributed by atoms with van der Waals surface area (Å²) in [6.45, 7) is 5.89. The number of carbonyl (C=O) groups is 1. The lowest BCUT2D eigenvalue weighted by molar-refractivity contribution is -0.142. The number of benzene rings is 2. The van der Waals surface area contributed by atoms with Gasteiger partial charge in [-0.05, 0) is 56.1 Å². The van der Waals surface area contributed by atoms with E-state index < -0.39 is 40.2 Å². The van der Waals surface area contributed by atoms with Gasteiger partial charge in [-0.1, -0.05) is 31.5 Å². The molecule has 1 aromatic heterocycles. The molecule has 0 spiro atoms. The maximum Gasteiger partial charge on any atom is 0.416 e. The van der Waals surface area contributed by atoms with E-state index in [4.69, 9.17) is 16.0 Å². The molecule has 1 amide bonds. The normalized spacial score (nSPS) is 22.6. The van der Waals surface area contributed by atoms with Crippen LogP contribution in [0.4, 0.5) is 23.2 Å². The van der Waals surface area contributed by atoms with Crippen molar-refractivity contribution in [2.24, 2.45) is 5.92 Å². The Morgan fingerprint density at radius 1 is 1.21 bits per heavy atom. The number of hydrogen-bond acceptors (Lipinski definition) is 5. The maximum atomic E-state index is 15.1. The minimum absolute atomic E-state index is 0. The van der Waals surface area contributed by atoms with Crippen molar-refractivity contribution in [3.8, 4) is 11.5 Å². The quantitative estimate of drug-likeness (QED) is 0.330. The maximum absolute atomic E-state index is 15.1. The Hall–Kier alpha value is -2.66. The molecule has 1 N–H and O–H groups in total. The number of aliphatic hydroxyl groups is 1. The molecule has 2 aliphatic rings. The Morgan fingerprint density at radius 3 is 2.46 bits per heavy atom. The average molecular weight is 588 g/mol. The first kappa shape index (κ1) is 29.3. The molecule has 1 saturated carbocycles. The predicted octanol–water partition coefficient (Wildman–Crippen LogP) is 6.28. The molecule has 1 aliphatic carbocycles. The van der Waals surface area contributed by atoms with E-state index in [2.05, 4.69) is 23.7 Å². The number of anilines is 1. The number of alkyl halides is 3. The van der Waals surface area contributed by atoms with E-state index in [0.29, 0.717) is 6.04 Å². The third kappa shape index (κ3) is 4.81. The average Bonchev–Trinajstić information content (AvgIpc) is 3.44. The standard InChI is InChI=1S/C27H26ClF4N3O3.ClH/c1-3-34(4-2)17-10-15(11-17)14-35-21-13-16(24-33-8-9-38-24)12-18(27(30,31)32)22(21)26(37,25(35)36)23-19(28)6-5-7-20(23)29;/h5-9,12-13,15,17,37H,3-4,10-11,14H2,1-2H3;1H. The number of nitrogens with zero attached hydrogens (tertiary/aromatic N) is 3. The molecule has 1 atom stereocenters. The highest BCUT2D eigenvalue weighted by molar-refractivity contribution is 6.32. The van der Waals surface area contributed by atoms with Crippen LogP contribution in [0.15, 0.2) is 47.2 Å². The number of hydrogen-bond donors (Lipinski definition) is 1. The van der Waals surface area contributed by atoms with E-state index in [1.807, 2.05) is 0 Å². The second-order valence-corrected chi connectivity index (χ2v) is 10.1. The monoisotopic (exact) mass is 587 g/mol. The highest BCUT2D eigenvalue weighted by Crippen LogP contribution is 2.53. The van der Waals surface area contributed by atoms with Gasteiger partial charge in [0.15, 0.2) is 0 Å². The molecule has 5 rings (SSSR count). The van der Waals surface area contributed by atoms with Crippen LogP contribution in [-0.2, 0) is 16.6 Å². The molecule has 1 unspecified atom stereocenters. The summed E-state index contributed by atoms with van der Waals surface area (Å²) < 4.78 is 63.9. The molecule has 0 saturated heterocycles. The van der Waals surface area contributed by atoms with Gasteiger partial charge in [-0.3, -0.25) is 4.79 Å². The van der Waals surface area contributed by atoms with E-state index in [9.17, 15) is 23.1 Å². The lowest BCUT2D eigenvalue weighted by Crippen LogP contribution is -2.50. The molecule has 210 valence electrons. The van der Waals surface area contributed by atoms with Gasteiger partial charge in [0, 0.05) is 23.7 Å². The number of rotatable bonds is 7. The van der Waals surface area contributed by atoms with Gasteiger partial charge in [0.1, 0.15) is 12.1 Å². The fourth-order valence-corrected chi connectivity index (χ4v) is 6.05. The number of amides is 1. The van der Waals surface area contributed by atoms with Crippen molar-refractivity contribution in [2.45, 2.75) is 44.5 Å². The summed E-state index contributed by atoms with van der Waals surface area (Å²) in [6.07, 6.45) is -1.01. The van der Waals surface area contributed by atoms with Crippen LogP contribution in [0.5, 0.6) is 0 Å². The molecule has 1 fully saturated rings. The summed E-state index contributed by atoms with van der Waals surface area (Å²) in [7, 11) is 0. The minimum Gasteiger partial charge on any atom is -0.445 e. The zero-order chi connectivity index (χ0) is 27.4. The van der Waals surface area contributed by atoms with Crippen LogP contribution in [0, 0.1) is 11.7 Å². The largest absolute Gasteiger partial charge is 0.445 e. The minimum atomic E-state index is -5.00. The Balaban J connectivity index is 0.00000353. The van der Waals surface area contributed by atoms with Crippen molar-refractivity contribution in [1.29, 1.82) is 0 Å². The predicted molar refractivity (Wildman–Crippen MR) is 140 cm³/mol. The Morgan fingerprint density at radius 2 is 1.90 bits per heavy atom. The van der Waals surface area contributed by atoms with Crippen LogP contribution in [-0.4, -0.2) is 46.6 Å². The Bertz CT molecular complexity index is 1340. The van der Waals surface area contributed by atoms with E-state index in [1.165, 1.54) is 30.7 Å². The van der Waals surface area contributed by atoms with Crippen LogP contribution >= 0.6 is 24.0 Å². The summed E-state index contributed by atoms with van der Waals surface area (Å²) in [4.78, 5) is 21.3. The summed E-state index contributed by atoms with van der Waals surface area (Å²) >= 11 is 6.21. The highest BCUT2D eigenvalue weighted by atomic mass is 35.5. The summed E-state index contributed by atoms with van der Waals surface area (Å²) in [6, 6.07) is 5.80. The summed E-state index contributed by atoms with van der Waals surface area (Å²) in [5.41, 5.74) is -5.95. The van der Waals surface area contributed by atoms with Gasteiger partial charge in [-0.2, -0.15) is 13.2 Å². The van der Waals surface area contributed by atoms with E-state index in [-0.39, 0.29) is 47.0 Å². The van der Waals surface area contributed by atoms with Crippen LogP contribution in [0.3, 0.4) is 0 Å². The number of carbonyl (C=O) groups excluding carboxylic acids is 1. The Kier molecular flexibility index (Phi) is 8.06. The van der Waals surface area contributed by atoms with E-state index >= 15 is 4.39 Å². The topological polar surface area (TPSA) is 69.8 Å². The molecule has 12 heteroatoms. The molecule has 0 bridgehead atoms. The van der Waals surface area contributed by atoms with Gasteiger partial charge in [-0.15, -0.1) is 12.4 Å². The van der Waals surface area contributed by atoms with Crippen LogP contribution in [0.25, 0.3) is 11.5 Å². The van der Waals surface area contributed by atoms with Crippen molar-refractivity contribution in [2.75, 3.05) is 24.5 Å². The summed E-state index contributed by atoms with van der Waals surface area (Å²) in [5, 5.41) is 11.5. The third-order valence-corrected chi connectivity index (χ3v) is 7.93. The molecule has 3 aromatic rings. The van der Waals surface area contributed by atoms with E-state index in [1.54, 1.807) is 0 Å². The van der Waals surface area contributed by atoms with Gasteiger partial charge < -0.3 is 19.3 Å². The number of aromatic nitrogens is 1. The number of halogens is 6. The highest BCUT2D eigenvalue weighted by Gasteiger charge is 2.58. The smallest absolute Gasteiger partial charge is 0.416 e. The number of oxazole rings is 1. The fourth-order valence-electron chi connectivity index (χ4n) is 5.75. The first-order valence-electron chi connectivity index (χ1n) is 12.4. The van der Waals surface area contributed by atoms with Gasteiger partial charge in [0.25, 0.3) is 5.91 Å². The molecular weight excluding hydrogens is 561 g/mol. The first-order chi connectivity index (χ1) is 18.0. The third-order valence-electron chi connectivity index (χ3n) is 7.61. The first-order valence-corrected chi connectivity index (χ1v) is 12.8. The molecule has 1 aliphatic heterocycles. The van der Waals surface area contributed by atoms with Gasteiger partial charge in [-0.25, -0.2) is 9.37 Å². The molecule has 39 heavy (non-hydrogen) atoms. The van der Waals surface area contributed by atoms with Crippen LogP contribution in [0.1, 0.15) is 43.4 Å². The second kappa shape index (κ2) is 10.7. The van der Waals surface area contributed by atoms with Crippen LogP contribution in [0.2, 0.25) is 5.02 Å². The van der Waals surface area contributed by atoms with Crippen molar-refractivity contribution >= 4 is 35.6 Å². The SMILES string of the molecule is CCN(CC)C1CC(CN2C(=O)C(O)(c3c(F)cccc3Cl)c3c2cc(-c2ncco2)cc3C(F)(F)F)C1.Cl. The molecule has 0 radical (unpaired) electrons. The van der Waals surface area contributed by atoms with Gasteiger partial charge in [0.2, 0.25) is 11.5 Å². The fraction of sp³-hybridized carbons (Fsp3) is 0.407. The molecule has 6 nitrogen and oxygen atoms in total.